The van der Waals surface area contributed by atoms with E-state index in [0.29, 0.717) is 5.92 Å². The van der Waals surface area contributed by atoms with Crippen molar-refractivity contribution in [1.82, 2.24) is 0 Å². The molecule has 0 aliphatic heterocycles. The molecule has 0 N–H and O–H groups in total. The molecule has 102 valence electrons. The maximum absolute atomic E-state index is 2.30. The summed E-state index contributed by atoms with van der Waals surface area (Å²) in [5.41, 5.74) is 7.34. The topological polar surface area (TPSA) is 0 Å². The summed E-state index contributed by atoms with van der Waals surface area (Å²) in [5, 5.41) is 0. The van der Waals surface area contributed by atoms with E-state index < -0.39 is 0 Å². The number of hydrogen-bond donors (Lipinski definition) is 0. The Morgan fingerprint density at radius 1 is 0.571 bits per heavy atom. The van der Waals surface area contributed by atoms with Gasteiger partial charge in [0.15, 0.2) is 0 Å². The first-order valence-corrected chi connectivity index (χ1v) is 7.61. The molecule has 0 spiro atoms. The first-order chi connectivity index (χ1) is 10.4. The van der Waals surface area contributed by atoms with E-state index in [1.54, 1.807) is 0 Å². The van der Waals surface area contributed by atoms with Gasteiger partial charge in [-0.2, -0.15) is 0 Å². The number of hydrogen-bond acceptors (Lipinski definition) is 0. The molecule has 0 aromatic heterocycles. The number of fused-ring (bicyclic) bond motifs is 2. The fourth-order valence-corrected chi connectivity index (χ4v) is 3.48. The molecule has 3 aromatic carbocycles. The van der Waals surface area contributed by atoms with Crippen LogP contribution in [0.4, 0.5) is 0 Å². The van der Waals surface area contributed by atoms with Gasteiger partial charge >= 0.3 is 0 Å². The monoisotopic (exact) mass is 270 g/mol. The molecule has 1 aliphatic rings. The van der Waals surface area contributed by atoms with Gasteiger partial charge < -0.3 is 0 Å². The van der Waals surface area contributed by atoms with Gasteiger partial charge in [-0.25, -0.2) is 0 Å². The average Bonchev–Trinajstić information content (AvgIpc) is 2.72. The van der Waals surface area contributed by atoms with Crippen LogP contribution in [0.25, 0.3) is 0 Å². The van der Waals surface area contributed by atoms with E-state index in [1.165, 1.54) is 27.8 Å². The van der Waals surface area contributed by atoms with Gasteiger partial charge in [0.05, 0.1) is 0 Å². The minimum Gasteiger partial charge on any atom is -0.0622 e. The van der Waals surface area contributed by atoms with Gasteiger partial charge in [-0.15, -0.1) is 0 Å². The van der Waals surface area contributed by atoms with E-state index in [0.717, 1.165) is 12.8 Å². The molecule has 0 nitrogen and oxygen atoms in total. The van der Waals surface area contributed by atoms with Gasteiger partial charge in [0.2, 0.25) is 0 Å². The van der Waals surface area contributed by atoms with Crippen molar-refractivity contribution >= 4 is 0 Å². The van der Waals surface area contributed by atoms with Crippen LogP contribution in [-0.4, -0.2) is 0 Å². The Hall–Kier alpha value is -2.34. The largest absolute Gasteiger partial charge is 0.0622 e. The zero-order valence-electron chi connectivity index (χ0n) is 12.0. The quantitative estimate of drug-likeness (QED) is 0.586. The van der Waals surface area contributed by atoms with Crippen molar-refractivity contribution in [3.8, 4) is 0 Å². The summed E-state index contributed by atoms with van der Waals surface area (Å²) in [6.07, 6.45) is 2.15. The highest BCUT2D eigenvalue weighted by Crippen LogP contribution is 2.35. The lowest BCUT2D eigenvalue weighted by Gasteiger charge is -2.18. The second-order valence-electron chi connectivity index (χ2n) is 5.81. The van der Waals surface area contributed by atoms with Crippen LogP contribution < -0.4 is 0 Å². The fraction of sp³-hybridized carbons (Fsp3) is 0.143. The lowest BCUT2D eigenvalue weighted by Crippen LogP contribution is -2.05. The van der Waals surface area contributed by atoms with Gasteiger partial charge in [-0.3, -0.25) is 0 Å². The zero-order valence-corrected chi connectivity index (χ0v) is 12.0. The van der Waals surface area contributed by atoms with Crippen LogP contribution in [0, 0.1) is 0 Å². The first kappa shape index (κ1) is 12.4. The smallest absolute Gasteiger partial charge is 0.0133 e. The molecule has 4 rings (SSSR count). The Kier molecular flexibility index (Phi) is 3.08. The van der Waals surface area contributed by atoms with E-state index in [4.69, 9.17) is 0 Å². The van der Waals surface area contributed by atoms with E-state index >= 15 is 0 Å². The van der Waals surface area contributed by atoms with Crippen LogP contribution in [0.15, 0.2) is 78.9 Å². The van der Waals surface area contributed by atoms with Crippen LogP contribution in [-0.2, 0) is 12.8 Å². The van der Waals surface area contributed by atoms with Gasteiger partial charge in [0, 0.05) is 5.92 Å². The Morgan fingerprint density at radius 2 is 1.19 bits per heavy atom. The summed E-state index contributed by atoms with van der Waals surface area (Å²) >= 11 is 0. The molecular formula is C21H18. The summed E-state index contributed by atoms with van der Waals surface area (Å²) in [7, 11) is 0. The van der Waals surface area contributed by atoms with Gasteiger partial charge in [-0.1, -0.05) is 78.9 Å². The summed E-state index contributed by atoms with van der Waals surface area (Å²) in [5.74, 6) is 0.464. The molecule has 0 amide bonds. The molecule has 0 saturated carbocycles. The predicted molar refractivity (Wildman–Crippen MR) is 87.7 cm³/mol. The Labute approximate surface area is 126 Å². The summed E-state index contributed by atoms with van der Waals surface area (Å²) in [4.78, 5) is 0. The lowest BCUT2D eigenvalue weighted by atomic mass is 9.85. The Bertz CT molecular complexity index is 756. The molecule has 0 heterocycles. The van der Waals surface area contributed by atoms with E-state index in [9.17, 15) is 0 Å². The van der Waals surface area contributed by atoms with Crippen LogP contribution in [0.2, 0.25) is 0 Å². The highest BCUT2D eigenvalue weighted by Gasteiger charge is 2.22. The molecule has 3 aromatic rings. The average molecular weight is 270 g/mol. The molecular weight excluding hydrogens is 252 g/mol. The second-order valence-corrected chi connectivity index (χ2v) is 5.81. The predicted octanol–water partition coefficient (Wildman–Crippen LogP) is 4.97. The fourth-order valence-electron chi connectivity index (χ4n) is 3.48. The van der Waals surface area contributed by atoms with Gasteiger partial charge in [0.25, 0.3) is 0 Å². The zero-order chi connectivity index (χ0) is 14.1. The summed E-state index contributed by atoms with van der Waals surface area (Å²) < 4.78 is 0. The van der Waals surface area contributed by atoms with Crippen LogP contribution in [0.5, 0.6) is 0 Å². The van der Waals surface area contributed by atoms with Crippen molar-refractivity contribution in [1.29, 1.82) is 0 Å². The molecule has 0 heteroatoms. The van der Waals surface area contributed by atoms with E-state index in [-0.39, 0.29) is 0 Å². The van der Waals surface area contributed by atoms with Crippen molar-refractivity contribution in [2.24, 2.45) is 0 Å². The summed E-state index contributed by atoms with van der Waals surface area (Å²) in [6.45, 7) is 0. The number of rotatable bonds is 1. The van der Waals surface area contributed by atoms with E-state index in [1.807, 2.05) is 0 Å². The minimum atomic E-state index is 0.464. The van der Waals surface area contributed by atoms with Crippen molar-refractivity contribution in [3.63, 3.8) is 0 Å². The molecule has 21 heavy (non-hydrogen) atoms. The molecule has 0 bridgehead atoms. The highest BCUT2D eigenvalue weighted by atomic mass is 14.3. The first-order valence-electron chi connectivity index (χ1n) is 7.61. The molecule has 1 atom stereocenters. The number of benzene rings is 3. The van der Waals surface area contributed by atoms with Crippen molar-refractivity contribution in [2.75, 3.05) is 0 Å². The van der Waals surface area contributed by atoms with Crippen molar-refractivity contribution in [2.45, 2.75) is 18.8 Å². The Morgan fingerprint density at radius 3 is 2.00 bits per heavy atom. The SMILES string of the molecule is c1ccc(C2Cc3ccccc3Cc3ccccc32)cc1. The van der Waals surface area contributed by atoms with Crippen molar-refractivity contribution < 1.29 is 0 Å². The van der Waals surface area contributed by atoms with E-state index in [2.05, 4.69) is 78.9 Å². The van der Waals surface area contributed by atoms with Crippen LogP contribution in [0.1, 0.15) is 33.7 Å². The maximum Gasteiger partial charge on any atom is 0.0133 e. The standard InChI is InChI=1S/C21H18/c1-2-8-16(9-3-1)21-15-18-11-5-4-10-17(18)14-19-12-6-7-13-20(19)21/h1-13,21H,14-15H2. The third kappa shape index (κ3) is 2.27. The normalized spacial score (nSPS) is 16.7. The van der Waals surface area contributed by atoms with Crippen LogP contribution in [0.3, 0.4) is 0 Å². The minimum absolute atomic E-state index is 0.464. The molecule has 1 aliphatic carbocycles. The summed E-state index contributed by atoms with van der Waals surface area (Å²) in [6, 6.07) is 28.7. The van der Waals surface area contributed by atoms with Gasteiger partial charge in [-0.05, 0) is 40.7 Å². The molecule has 1 unspecified atom stereocenters. The van der Waals surface area contributed by atoms with Gasteiger partial charge in [0.1, 0.15) is 0 Å². The van der Waals surface area contributed by atoms with Crippen LogP contribution >= 0.6 is 0 Å². The molecule has 0 radical (unpaired) electrons. The second kappa shape index (κ2) is 5.21. The Balaban J connectivity index is 1.90. The third-order valence-electron chi connectivity index (χ3n) is 4.56. The highest BCUT2D eigenvalue weighted by molar-refractivity contribution is 5.46. The maximum atomic E-state index is 2.30. The van der Waals surface area contributed by atoms with Crippen molar-refractivity contribution in [3.05, 3.63) is 107 Å². The molecule has 0 fully saturated rings. The third-order valence-corrected chi connectivity index (χ3v) is 4.56. The molecule has 0 saturated heterocycles. The lowest BCUT2D eigenvalue weighted by molar-refractivity contribution is 0.808.